The highest BCUT2D eigenvalue weighted by Crippen LogP contribution is 2.28. The van der Waals surface area contributed by atoms with Crippen molar-refractivity contribution >= 4 is 28.8 Å². The van der Waals surface area contributed by atoms with Gasteiger partial charge in [0.2, 0.25) is 5.91 Å². The van der Waals surface area contributed by atoms with E-state index in [1.54, 1.807) is 4.90 Å². The topological polar surface area (TPSA) is 49.6 Å². The molecule has 1 aromatic rings. The zero-order valence-electron chi connectivity index (χ0n) is 12.7. The second kappa shape index (κ2) is 7.58. The molecular weight excluding hydrogens is 306 g/mol. The molecule has 0 bridgehead atoms. The number of nitrogens with two attached hydrogens (primary N) is 1. The fraction of sp³-hybridized carbons (Fsp3) is 0.667. The second-order valence-corrected chi connectivity index (χ2v) is 7.66. The van der Waals surface area contributed by atoms with Crippen molar-refractivity contribution in [1.29, 1.82) is 0 Å². The van der Waals surface area contributed by atoms with E-state index in [-0.39, 0.29) is 5.91 Å². The molecule has 0 spiro atoms. The monoisotopic (exact) mass is 329 g/mol. The van der Waals surface area contributed by atoms with Gasteiger partial charge < -0.3 is 10.6 Å². The van der Waals surface area contributed by atoms with E-state index in [1.807, 2.05) is 26.2 Å². The largest absolute Gasteiger partial charge is 0.340 e. The molecule has 1 amide bonds. The van der Waals surface area contributed by atoms with Gasteiger partial charge in [-0.2, -0.15) is 0 Å². The SMILES string of the molecule is CN(Cc1ccc(Cl)s1)C(=O)CN(C)C1CCCC1CN. The van der Waals surface area contributed by atoms with Crippen molar-refractivity contribution < 1.29 is 4.79 Å². The van der Waals surface area contributed by atoms with Crippen LogP contribution in [0.2, 0.25) is 4.34 Å². The summed E-state index contributed by atoms with van der Waals surface area (Å²) in [6, 6.07) is 4.29. The molecule has 2 unspecified atom stereocenters. The van der Waals surface area contributed by atoms with Gasteiger partial charge in [0.15, 0.2) is 0 Å². The van der Waals surface area contributed by atoms with Gasteiger partial charge in [0.1, 0.15) is 0 Å². The van der Waals surface area contributed by atoms with Crippen LogP contribution in [-0.2, 0) is 11.3 Å². The minimum atomic E-state index is 0.143. The molecule has 1 aromatic heterocycles. The standard InChI is InChI=1S/C15H24ClN3OS/c1-18(13-5-3-4-11(13)8-17)10-15(20)19(2)9-12-6-7-14(16)21-12/h6-7,11,13H,3-5,8-10,17H2,1-2H3. The van der Waals surface area contributed by atoms with Gasteiger partial charge in [0, 0.05) is 18.0 Å². The molecule has 1 saturated carbocycles. The Balaban J connectivity index is 1.85. The van der Waals surface area contributed by atoms with Gasteiger partial charge >= 0.3 is 0 Å². The summed E-state index contributed by atoms with van der Waals surface area (Å²) in [5, 5.41) is 0. The van der Waals surface area contributed by atoms with E-state index in [4.69, 9.17) is 17.3 Å². The number of carbonyl (C=O) groups excluding carboxylic acids is 1. The summed E-state index contributed by atoms with van der Waals surface area (Å²) in [6.45, 7) is 1.79. The van der Waals surface area contributed by atoms with E-state index in [0.29, 0.717) is 31.6 Å². The highest BCUT2D eigenvalue weighted by atomic mass is 35.5. The summed E-state index contributed by atoms with van der Waals surface area (Å²) >= 11 is 7.44. The molecule has 0 aromatic carbocycles. The van der Waals surface area contributed by atoms with E-state index in [0.717, 1.165) is 15.6 Å². The lowest BCUT2D eigenvalue weighted by Crippen LogP contribution is -2.43. The predicted molar refractivity (Wildman–Crippen MR) is 88.6 cm³/mol. The van der Waals surface area contributed by atoms with Crippen LogP contribution < -0.4 is 5.73 Å². The van der Waals surface area contributed by atoms with Crippen molar-refractivity contribution in [3.8, 4) is 0 Å². The van der Waals surface area contributed by atoms with E-state index < -0.39 is 0 Å². The Morgan fingerprint density at radius 3 is 2.81 bits per heavy atom. The Morgan fingerprint density at radius 1 is 1.43 bits per heavy atom. The molecule has 118 valence electrons. The summed E-state index contributed by atoms with van der Waals surface area (Å²) in [6.07, 6.45) is 3.55. The van der Waals surface area contributed by atoms with Gasteiger partial charge in [0.25, 0.3) is 0 Å². The Kier molecular flexibility index (Phi) is 6.05. The van der Waals surface area contributed by atoms with Crippen molar-refractivity contribution in [3.05, 3.63) is 21.3 Å². The normalized spacial score (nSPS) is 22.0. The number of likely N-dealkylation sites (N-methyl/N-ethyl adjacent to an activating group) is 2. The first-order valence-corrected chi connectivity index (χ1v) is 8.59. The number of thiophene rings is 1. The Morgan fingerprint density at radius 2 is 2.19 bits per heavy atom. The second-order valence-electron chi connectivity index (χ2n) is 5.86. The molecule has 1 heterocycles. The van der Waals surface area contributed by atoms with Crippen LogP contribution in [0.3, 0.4) is 0 Å². The molecule has 0 saturated heterocycles. The summed E-state index contributed by atoms with van der Waals surface area (Å²) in [7, 11) is 3.88. The lowest BCUT2D eigenvalue weighted by molar-refractivity contribution is -0.132. The lowest BCUT2D eigenvalue weighted by atomic mass is 10.0. The van der Waals surface area contributed by atoms with E-state index >= 15 is 0 Å². The fourth-order valence-corrected chi connectivity index (χ4v) is 4.22. The Hall–Kier alpha value is -0.620. The third kappa shape index (κ3) is 4.42. The van der Waals surface area contributed by atoms with Gasteiger partial charge in [-0.05, 0) is 44.5 Å². The average molecular weight is 330 g/mol. The van der Waals surface area contributed by atoms with Crippen molar-refractivity contribution in [2.24, 2.45) is 11.7 Å². The van der Waals surface area contributed by atoms with Crippen LogP contribution >= 0.6 is 22.9 Å². The molecule has 1 fully saturated rings. The molecule has 21 heavy (non-hydrogen) atoms. The van der Waals surface area contributed by atoms with Gasteiger partial charge in [-0.1, -0.05) is 18.0 Å². The Bertz CT molecular complexity index is 479. The quantitative estimate of drug-likeness (QED) is 0.872. The lowest BCUT2D eigenvalue weighted by Gasteiger charge is -2.30. The van der Waals surface area contributed by atoms with Crippen molar-refractivity contribution in [1.82, 2.24) is 9.80 Å². The maximum absolute atomic E-state index is 12.3. The molecule has 0 radical (unpaired) electrons. The van der Waals surface area contributed by atoms with Crippen LogP contribution in [0.15, 0.2) is 12.1 Å². The van der Waals surface area contributed by atoms with Crippen LogP contribution in [0.25, 0.3) is 0 Å². The highest BCUT2D eigenvalue weighted by molar-refractivity contribution is 7.16. The molecule has 2 atom stereocenters. The van der Waals surface area contributed by atoms with Crippen LogP contribution in [-0.4, -0.2) is 48.9 Å². The summed E-state index contributed by atoms with van der Waals surface area (Å²) < 4.78 is 0.764. The number of rotatable bonds is 6. The molecule has 4 nitrogen and oxygen atoms in total. The summed E-state index contributed by atoms with van der Waals surface area (Å²) in [4.78, 5) is 17.4. The first-order chi connectivity index (χ1) is 10.0. The zero-order valence-corrected chi connectivity index (χ0v) is 14.3. The number of hydrogen-bond donors (Lipinski definition) is 1. The number of nitrogens with zero attached hydrogens (tertiary/aromatic N) is 2. The molecule has 1 aliphatic rings. The number of amides is 1. The fourth-order valence-electron chi connectivity index (χ4n) is 3.08. The van der Waals surface area contributed by atoms with Crippen LogP contribution in [0.4, 0.5) is 0 Å². The van der Waals surface area contributed by atoms with Crippen LogP contribution in [0.5, 0.6) is 0 Å². The number of halogens is 1. The summed E-state index contributed by atoms with van der Waals surface area (Å²) in [5.41, 5.74) is 5.82. The van der Waals surface area contributed by atoms with Gasteiger partial charge in [0.05, 0.1) is 17.4 Å². The van der Waals surface area contributed by atoms with Gasteiger partial charge in [-0.25, -0.2) is 0 Å². The first-order valence-electron chi connectivity index (χ1n) is 7.39. The molecule has 6 heteroatoms. The van der Waals surface area contributed by atoms with E-state index in [9.17, 15) is 4.79 Å². The maximum Gasteiger partial charge on any atom is 0.236 e. The Labute approximate surface area is 135 Å². The first kappa shape index (κ1) is 16.7. The number of carbonyl (C=O) groups is 1. The van der Waals surface area contributed by atoms with Gasteiger partial charge in [-0.15, -0.1) is 11.3 Å². The number of hydrogen-bond acceptors (Lipinski definition) is 4. The molecule has 1 aliphatic carbocycles. The van der Waals surface area contributed by atoms with Crippen LogP contribution in [0.1, 0.15) is 24.1 Å². The average Bonchev–Trinajstić information content (AvgIpc) is 3.07. The van der Waals surface area contributed by atoms with E-state index in [2.05, 4.69) is 4.90 Å². The maximum atomic E-state index is 12.3. The molecule has 0 aliphatic heterocycles. The summed E-state index contributed by atoms with van der Waals surface area (Å²) in [5.74, 6) is 0.675. The smallest absolute Gasteiger partial charge is 0.236 e. The third-order valence-corrected chi connectivity index (χ3v) is 5.54. The van der Waals surface area contributed by atoms with Crippen molar-refractivity contribution in [3.63, 3.8) is 0 Å². The minimum Gasteiger partial charge on any atom is -0.340 e. The minimum absolute atomic E-state index is 0.143. The zero-order chi connectivity index (χ0) is 15.4. The molecule has 2 rings (SSSR count). The van der Waals surface area contributed by atoms with Crippen molar-refractivity contribution in [2.75, 3.05) is 27.2 Å². The highest BCUT2D eigenvalue weighted by Gasteiger charge is 2.30. The predicted octanol–water partition coefficient (Wildman–Crippen LogP) is 2.42. The van der Waals surface area contributed by atoms with Crippen molar-refractivity contribution in [2.45, 2.75) is 31.8 Å². The van der Waals surface area contributed by atoms with E-state index in [1.165, 1.54) is 24.2 Å². The molecule has 2 N–H and O–H groups in total. The molecular formula is C15H24ClN3OS. The third-order valence-electron chi connectivity index (χ3n) is 4.32. The van der Waals surface area contributed by atoms with Gasteiger partial charge in [-0.3, -0.25) is 9.69 Å². The van der Waals surface area contributed by atoms with Crippen LogP contribution in [0, 0.1) is 5.92 Å².